The normalized spacial score (nSPS) is 11.3. The van der Waals surface area contributed by atoms with Crippen molar-refractivity contribution in [2.45, 2.75) is 18.5 Å². The summed E-state index contributed by atoms with van der Waals surface area (Å²) in [5, 5.41) is 2.84. The minimum Gasteiger partial charge on any atom is -0.386 e. The van der Waals surface area contributed by atoms with Crippen molar-refractivity contribution in [1.82, 2.24) is 9.71 Å². The van der Waals surface area contributed by atoms with Gasteiger partial charge in [0, 0.05) is 19.8 Å². The van der Waals surface area contributed by atoms with Crippen molar-refractivity contribution in [2.24, 2.45) is 0 Å². The molecule has 106 valence electrons. The molecular formula is C14H17N3O2S. The first-order valence-electron chi connectivity index (χ1n) is 6.21. The predicted octanol–water partition coefficient (Wildman–Crippen LogP) is 1.91. The van der Waals surface area contributed by atoms with Gasteiger partial charge in [0.1, 0.15) is 0 Å². The van der Waals surface area contributed by atoms with E-state index in [4.69, 9.17) is 0 Å². The molecule has 5 nitrogen and oxygen atoms in total. The number of nitrogens with zero attached hydrogens (tertiary/aromatic N) is 1. The van der Waals surface area contributed by atoms with Crippen LogP contribution in [-0.4, -0.2) is 20.4 Å². The third-order valence-corrected chi connectivity index (χ3v) is 4.20. The summed E-state index contributed by atoms with van der Waals surface area (Å²) in [5.74, 6) is 0. The molecule has 0 radical (unpaired) electrons. The van der Waals surface area contributed by atoms with E-state index in [-0.39, 0.29) is 11.6 Å². The van der Waals surface area contributed by atoms with Gasteiger partial charge in [-0.3, -0.25) is 0 Å². The molecule has 1 heterocycles. The van der Waals surface area contributed by atoms with Crippen LogP contribution in [0.4, 0.5) is 5.69 Å². The average Bonchev–Trinajstić information content (AvgIpc) is 2.45. The molecule has 20 heavy (non-hydrogen) atoms. The van der Waals surface area contributed by atoms with Crippen LogP contribution in [-0.2, 0) is 16.6 Å². The summed E-state index contributed by atoms with van der Waals surface area (Å²) in [6.07, 6.45) is 1.46. The lowest BCUT2D eigenvalue weighted by Gasteiger charge is -2.10. The molecule has 0 unspecified atom stereocenters. The standard InChI is InChI=1S/C14H17N3O2S/c1-11-5-3-6-12(9-11)10-17-20(18,19)14-13(15-2)7-4-8-16-14/h3-9,15,17H,10H2,1-2H3. The number of sulfonamides is 1. The maximum atomic E-state index is 12.3. The summed E-state index contributed by atoms with van der Waals surface area (Å²) in [6, 6.07) is 11.1. The monoisotopic (exact) mass is 291 g/mol. The van der Waals surface area contributed by atoms with Crippen LogP contribution in [0.15, 0.2) is 47.6 Å². The molecule has 0 aliphatic rings. The van der Waals surface area contributed by atoms with Crippen LogP contribution in [0.2, 0.25) is 0 Å². The largest absolute Gasteiger partial charge is 0.386 e. The van der Waals surface area contributed by atoms with Gasteiger partial charge in [-0.2, -0.15) is 0 Å². The Hall–Kier alpha value is -1.92. The van der Waals surface area contributed by atoms with Gasteiger partial charge in [-0.15, -0.1) is 0 Å². The molecule has 0 bridgehead atoms. The van der Waals surface area contributed by atoms with Gasteiger partial charge in [-0.05, 0) is 24.6 Å². The second-order valence-corrected chi connectivity index (χ2v) is 6.10. The average molecular weight is 291 g/mol. The fourth-order valence-electron chi connectivity index (χ4n) is 1.86. The van der Waals surface area contributed by atoms with Gasteiger partial charge in [0.2, 0.25) is 0 Å². The zero-order valence-electron chi connectivity index (χ0n) is 11.4. The topological polar surface area (TPSA) is 71.1 Å². The first-order chi connectivity index (χ1) is 9.53. The molecule has 0 saturated heterocycles. The van der Waals surface area contributed by atoms with Crippen molar-refractivity contribution in [3.05, 3.63) is 53.7 Å². The van der Waals surface area contributed by atoms with Gasteiger partial charge >= 0.3 is 0 Å². The van der Waals surface area contributed by atoms with E-state index in [0.29, 0.717) is 5.69 Å². The van der Waals surface area contributed by atoms with E-state index in [1.165, 1.54) is 6.20 Å². The molecule has 2 N–H and O–H groups in total. The van der Waals surface area contributed by atoms with Crippen molar-refractivity contribution in [3.63, 3.8) is 0 Å². The molecule has 0 fully saturated rings. The SMILES string of the molecule is CNc1cccnc1S(=O)(=O)NCc1cccc(C)c1. The highest BCUT2D eigenvalue weighted by molar-refractivity contribution is 7.89. The van der Waals surface area contributed by atoms with E-state index in [1.807, 2.05) is 31.2 Å². The quantitative estimate of drug-likeness (QED) is 0.883. The highest BCUT2D eigenvalue weighted by Gasteiger charge is 2.19. The van der Waals surface area contributed by atoms with Gasteiger partial charge in [0.25, 0.3) is 10.0 Å². The van der Waals surface area contributed by atoms with Gasteiger partial charge < -0.3 is 5.32 Å². The Kier molecular flexibility index (Phi) is 4.36. The second kappa shape index (κ2) is 6.02. The van der Waals surface area contributed by atoms with Crippen LogP contribution >= 0.6 is 0 Å². The Morgan fingerprint density at radius 3 is 2.70 bits per heavy atom. The van der Waals surface area contributed by atoms with Crippen LogP contribution in [0, 0.1) is 6.92 Å². The third-order valence-electron chi connectivity index (χ3n) is 2.84. The van der Waals surface area contributed by atoms with Gasteiger partial charge in [0.05, 0.1) is 5.69 Å². The Morgan fingerprint density at radius 2 is 2.00 bits per heavy atom. The molecule has 1 aromatic heterocycles. The van der Waals surface area contributed by atoms with Crippen LogP contribution in [0.25, 0.3) is 0 Å². The molecule has 0 aliphatic carbocycles. The molecule has 2 rings (SSSR count). The van der Waals surface area contributed by atoms with Crippen LogP contribution in [0.1, 0.15) is 11.1 Å². The third kappa shape index (κ3) is 3.34. The number of rotatable bonds is 5. The maximum absolute atomic E-state index is 12.3. The van der Waals surface area contributed by atoms with E-state index in [9.17, 15) is 8.42 Å². The minimum atomic E-state index is -3.64. The highest BCUT2D eigenvalue weighted by Crippen LogP contribution is 2.17. The van der Waals surface area contributed by atoms with E-state index in [0.717, 1.165) is 11.1 Å². The lowest BCUT2D eigenvalue weighted by molar-refractivity contribution is 0.578. The molecule has 2 aromatic rings. The summed E-state index contributed by atoms with van der Waals surface area (Å²) in [6.45, 7) is 2.21. The molecular weight excluding hydrogens is 274 g/mol. The number of pyridine rings is 1. The smallest absolute Gasteiger partial charge is 0.260 e. The maximum Gasteiger partial charge on any atom is 0.260 e. The number of hydrogen-bond acceptors (Lipinski definition) is 4. The van der Waals surface area contributed by atoms with Crippen LogP contribution in [0.5, 0.6) is 0 Å². The molecule has 6 heteroatoms. The van der Waals surface area contributed by atoms with E-state index in [1.54, 1.807) is 19.2 Å². The van der Waals surface area contributed by atoms with Crippen LogP contribution < -0.4 is 10.0 Å². The van der Waals surface area contributed by atoms with Crippen molar-refractivity contribution < 1.29 is 8.42 Å². The second-order valence-electron chi connectivity index (χ2n) is 4.42. The van der Waals surface area contributed by atoms with Crippen molar-refractivity contribution >= 4 is 15.7 Å². The van der Waals surface area contributed by atoms with Crippen molar-refractivity contribution in [2.75, 3.05) is 12.4 Å². The number of aryl methyl sites for hydroxylation is 1. The summed E-state index contributed by atoms with van der Waals surface area (Å²) in [7, 11) is -1.97. The van der Waals surface area contributed by atoms with Gasteiger partial charge in [0.15, 0.2) is 5.03 Å². The minimum absolute atomic E-state index is 0.00940. The summed E-state index contributed by atoms with van der Waals surface area (Å²) < 4.78 is 27.1. The summed E-state index contributed by atoms with van der Waals surface area (Å²) >= 11 is 0. The molecule has 0 aliphatic heterocycles. The Bertz CT molecular complexity index is 699. The first-order valence-corrected chi connectivity index (χ1v) is 7.69. The highest BCUT2D eigenvalue weighted by atomic mass is 32.2. The Labute approximate surface area is 119 Å². The molecule has 0 saturated carbocycles. The number of hydrogen-bond donors (Lipinski definition) is 2. The number of benzene rings is 1. The zero-order valence-corrected chi connectivity index (χ0v) is 12.2. The van der Waals surface area contributed by atoms with Gasteiger partial charge in [-0.1, -0.05) is 29.8 Å². The number of nitrogens with one attached hydrogen (secondary N) is 2. The molecule has 0 atom stereocenters. The predicted molar refractivity (Wildman–Crippen MR) is 79.0 cm³/mol. The molecule has 1 aromatic carbocycles. The van der Waals surface area contributed by atoms with E-state index >= 15 is 0 Å². The lowest BCUT2D eigenvalue weighted by Crippen LogP contribution is -2.25. The number of anilines is 1. The molecule has 0 amide bonds. The van der Waals surface area contributed by atoms with Crippen molar-refractivity contribution in [3.8, 4) is 0 Å². The van der Waals surface area contributed by atoms with E-state index in [2.05, 4.69) is 15.0 Å². The fraction of sp³-hybridized carbons (Fsp3) is 0.214. The van der Waals surface area contributed by atoms with E-state index < -0.39 is 10.0 Å². The summed E-state index contributed by atoms with van der Waals surface area (Å²) in [4.78, 5) is 3.94. The zero-order chi connectivity index (χ0) is 14.6. The lowest BCUT2D eigenvalue weighted by atomic mass is 10.1. The number of aromatic nitrogens is 1. The Morgan fingerprint density at radius 1 is 1.20 bits per heavy atom. The fourth-order valence-corrected chi connectivity index (χ4v) is 3.02. The Balaban J connectivity index is 2.19. The summed E-state index contributed by atoms with van der Waals surface area (Å²) in [5.41, 5.74) is 2.48. The van der Waals surface area contributed by atoms with Crippen molar-refractivity contribution in [1.29, 1.82) is 0 Å². The molecule has 0 spiro atoms. The van der Waals surface area contributed by atoms with Gasteiger partial charge in [-0.25, -0.2) is 18.1 Å². The first kappa shape index (κ1) is 14.5. The van der Waals surface area contributed by atoms with Crippen LogP contribution in [0.3, 0.4) is 0 Å².